The number of nitrogens with zero attached hydrogens (tertiary/aromatic N) is 8. The summed E-state index contributed by atoms with van der Waals surface area (Å²) in [6.07, 6.45) is 11.7. The zero-order valence-corrected chi connectivity index (χ0v) is 33.8. The van der Waals surface area contributed by atoms with Crippen LogP contribution in [-0.4, -0.2) is 109 Å². The third-order valence-electron chi connectivity index (χ3n) is 14.3. The van der Waals surface area contributed by atoms with Crippen LogP contribution in [0.1, 0.15) is 101 Å². The number of para-hydroxylation sites is 1. The molecule has 2 saturated carbocycles. The van der Waals surface area contributed by atoms with Crippen LogP contribution in [0, 0.1) is 5.41 Å². The minimum absolute atomic E-state index is 0.0309. The van der Waals surface area contributed by atoms with Crippen molar-refractivity contribution < 1.29 is 18.0 Å². The molecule has 4 aromatic rings. The smallest absolute Gasteiger partial charge is 0.329 e. The van der Waals surface area contributed by atoms with Crippen molar-refractivity contribution in [2.75, 3.05) is 44.6 Å². The van der Waals surface area contributed by atoms with Gasteiger partial charge >= 0.3 is 5.69 Å². The van der Waals surface area contributed by atoms with Crippen LogP contribution in [0.4, 0.5) is 5.95 Å². The molecule has 2 N–H and O–H groups in total. The van der Waals surface area contributed by atoms with E-state index in [2.05, 4.69) is 26.6 Å². The fraction of sp³-hybridized carbons (Fsp3) is 0.610. The van der Waals surface area contributed by atoms with Crippen molar-refractivity contribution in [3.63, 3.8) is 0 Å². The van der Waals surface area contributed by atoms with E-state index in [9.17, 15) is 27.6 Å². The zero-order chi connectivity index (χ0) is 39.9. The molecular formula is C41H52N10O6S. The molecule has 3 aromatic heterocycles. The third kappa shape index (κ3) is 6.39. The van der Waals surface area contributed by atoms with Gasteiger partial charge in [-0.25, -0.2) is 9.78 Å². The van der Waals surface area contributed by atoms with Crippen LogP contribution in [0.15, 0.2) is 46.1 Å². The minimum Gasteiger partial charge on any atom is -0.351 e. The lowest BCUT2D eigenvalue weighted by atomic mass is 9.61. The van der Waals surface area contributed by atoms with E-state index in [4.69, 9.17) is 4.98 Å². The van der Waals surface area contributed by atoms with Crippen LogP contribution < -0.4 is 21.9 Å². The van der Waals surface area contributed by atoms with Gasteiger partial charge in [-0.3, -0.25) is 33.4 Å². The Balaban J connectivity index is 0.714. The number of benzene rings is 1. The maximum atomic E-state index is 13.7. The van der Waals surface area contributed by atoms with Crippen molar-refractivity contribution in [2.45, 2.75) is 107 Å². The number of hydrogen-bond acceptors (Lipinski definition) is 10. The lowest BCUT2D eigenvalue weighted by Gasteiger charge is -2.61. The number of carbonyl (C=O) groups is 2. The first kappa shape index (κ1) is 37.8. The second-order valence-corrected chi connectivity index (χ2v) is 19.7. The summed E-state index contributed by atoms with van der Waals surface area (Å²) in [7, 11) is -1.78. The van der Waals surface area contributed by atoms with Gasteiger partial charge in [-0.1, -0.05) is 25.0 Å². The van der Waals surface area contributed by atoms with Gasteiger partial charge in [0.05, 0.1) is 11.0 Å². The Hall–Kier alpha value is -4.45. The lowest BCUT2D eigenvalue weighted by Crippen LogP contribution is -2.69. The molecule has 1 atom stereocenters. The number of piperidine rings is 3. The summed E-state index contributed by atoms with van der Waals surface area (Å²) in [6.45, 7) is 3.91. The number of imide groups is 1. The fourth-order valence-electron chi connectivity index (χ4n) is 11.1. The van der Waals surface area contributed by atoms with Crippen LogP contribution >= 0.6 is 0 Å². The van der Waals surface area contributed by atoms with Gasteiger partial charge < -0.3 is 10.2 Å². The Morgan fingerprint density at radius 2 is 1.57 bits per heavy atom. The van der Waals surface area contributed by atoms with Crippen LogP contribution in [0.25, 0.3) is 22.1 Å². The van der Waals surface area contributed by atoms with Gasteiger partial charge in [0, 0.05) is 80.8 Å². The van der Waals surface area contributed by atoms with E-state index in [0.29, 0.717) is 63.1 Å². The Morgan fingerprint density at radius 1 is 0.828 bits per heavy atom. The van der Waals surface area contributed by atoms with Crippen molar-refractivity contribution in [3.05, 3.63) is 62.9 Å². The van der Waals surface area contributed by atoms with Gasteiger partial charge in [0.25, 0.3) is 15.8 Å². The van der Waals surface area contributed by atoms with Crippen molar-refractivity contribution in [2.24, 2.45) is 12.5 Å². The maximum Gasteiger partial charge on any atom is 0.329 e. The quantitative estimate of drug-likeness (QED) is 0.252. The number of carbonyl (C=O) groups excluding carboxylic acids is 2. The topological polar surface area (TPSA) is 177 Å². The number of aromatic nitrogens is 5. The van der Waals surface area contributed by atoms with Crippen LogP contribution in [-0.2, 0) is 26.8 Å². The zero-order valence-electron chi connectivity index (χ0n) is 33.0. The van der Waals surface area contributed by atoms with E-state index in [1.165, 1.54) is 0 Å². The number of imidazole rings is 1. The number of hydrogen-bond donors (Lipinski definition) is 2. The average molecular weight is 813 g/mol. The molecule has 6 aliphatic rings. The highest BCUT2D eigenvalue weighted by Crippen LogP contribution is 2.52. The maximum absolute atomic E-state index is 13.7. The first-order chi connectivity index (χ1) is 28.0. The molecule has 0 radical (unpaired) electrons. The number of pyridine rings is 1. The van der Waals surface area contributed by atoms with Gasteiger partial charge in [-0.15, -0.1) is 0 Å². The molecule has 1 spiro atoms. The molecular weight excluding hydrogens is 761 g/mol. The Bertz CT molecular complexity index is 2510. The summed E-state index contributed by atoms with van der Waals surface area (Å²) in [4.78, 5) is 62.7. The summed E-state index contributed by atoms with van der Waals surface area (Å²) in [6, 6.07) is 9.31. The molecule has 17 heteroatoms. The highest BCUT2D eigenvalue weighted by Gasteiger charge is 2.57. The molecule has 1 aromatic carbocycles. The largest absolute Gasteiger partial charge is 0.351 e. The first-order valence-electron chi connectivity index (χ1n) is 21.2. The van der Waals surface area contributed by atoms with Gasteiger partial charge in [0.2, 0.25) is 17.8 Å². The van der Waals surface area contributed by atoms with E-state index in [1.807, 2.05) is 16.7 Å². The monoisotopic (exact) mass is 812 g/mol. The molecule has 7 heterocycles. The van der Waals surface area contributed by atoms with Gasteiger partial charge in [-0.05, 0) is 94.5 Å². The van der Waals surface area contributed by atoms with Crippen molar-refractivity contribution in [3.8, 4) is 0 Å². The normalized spacial score (nSPS) is 24.7. The summed E-state index contributed by atoms with van der Waals surface area (Å²) in [5, 5.41) is 6.67. The number of nitrogens with one attached hydrogen (secondary N) is 2. The standard InChI is InChI=1S/C41H52N10O6S/c1-46-36-31(7-4-8-32(36)51(40(46)55)33-10-11-34(52)44-38(33)54)26-13-17-47(18-14-26)30-21-41(22-30)24-49(25-41)58(56,57)48-19-15-28(16-20-48)43-39-42-23-27-9-12-35(53)50(37(27)45-39)29-5-2-3-6-29/h4,7-9,12,23,26,28-30,33H,2-3,5-6,10-11,13-22,24-25H2,1H3,(H,42,43,45)(H,44,52,54). The molecule has 58 heavy (non-hydrogen) atoms. The molecule has 4 saturated heterocycles. The van der Waals surface area contributed by atoms with Gasteiger partial charge in [-0.2, -0.15) is 22.0 Å². The molecule has 4 aliphatic heterocycles. The van der Waals surface area contributed by atoms with E-state index < -0.39 is 22.2 Å². The fourth-order valence-corrected chi connectivity index (χ4v) is 13.0. The molecule has 2 aliphatic carbocycles. The van der Waals surface area contributed by atoms with E-state index in [1.54, 1.807) is 43.1 Å². The number of fused-ring (bicyclic) bond motifs is 2. The first-order valence-corrected chi connectivity index (χ1v) is 22.6. The number of amides is 2. The van der Waals surface area contributed by atoms with Crippen molar-refractivity contribution >= 4 is 50.0 Å². The van der Waals surface area contributed by atoms with Crippen molar-refractivity contribution in [1.82, 2.24) is 42.5 Å². The molecule has 16 nitrogen and oxygen atoms in total. The molecule has 10 rings (SSSR count). The Kier molecular flexibility index (Phi) is 9.37. The van der Waals surface area contributed by atoms with E-state index in [0.717, 1.165) is 86.4 Å². The molecule has 6 fully saturated rings. The molecule has 0 bridgehead atoms. The number of aryl methyl sites for hydroxylation is 1. The number of rotatable bonds is 8. The summed E-state index contributed by atoms with van der Waals surface area (Å²) in [5.74, 6) is 0.0287. The van der Waals surface area contributed by atoms with E-state index in [-0.39, 0.29) is 47.0 Å². The summed E-state index contributed by atoms with van der Waals surface area (Å²) in [5.41, 5.74) is 3.17. The molecule has 1 unspecified atom stereocenters. The number of anilines is 1. The predicted octanol–water partition coefficient (Wildman–Crippen LogP) is 3.00. The summed E-state index contributed by atoms with van der Waals surface area (Å²) < 4.78 is 35.8. The highest BCUT2D eigenvalue weighted by molar-refractivity contribution is 7.86. The predicted molar refractivity (Wildman–Crippen MR) is 218 cm³/mol. The van der Waals surface area contributed by atoms with Crippen molar-refractivity contribution in [1.29, 1.82) is 0 Å². The molecule has 2 amide bonds. The van der Waals surface area contributed by atoms with E-state index >= 15 is 0 Å². The second-order valence-electron chi connectivity index (χ2n) is 17.8. The van der Waals surface area contributed by atoms with Crippen LogP contribution in [0.5, 0.6) is 0 Å². The second kappa shape index (κ2) is 14.4. The third-order valence-corrected chi connectivity index (χ3v) is 16.2. The van der Waals surface area contributed by atoms with Crippen LogP contribution in [0.2, 0.25) is 0 Å². The SMILES string of the molecule is Cn1c(=O)n(C2CCC(=O)NC2=O)c2cccc(C3CCN(C4CC5(C4)CN(S(=O)(=O)N4CCC(Nc6ncc7ccc(=O)n(C8CCCC8)c7n6)CC4)C5)CC3)c21. The van der Waals surface area contributed by atoms with Crippen LogP contribution in [0.3, 0.4) is 0 Å². The Labute approximate surface area is 336 Å². The van der Waals surface area contributed by atoms with Gasteiger partial charge in [0.15, 0.2) is 0 Å². The summed E-state index contributed by atoms with van der Waals surface area (Å²) >= 11 is 0. The lowest BCUT2D eigenvalue weighted by molar-refractivity contribution is -0.135. The average Bonchev–Trinajstić information content (AvgIpc) is 3.80. The van der Waals surface area contributed by atoms with Gasteiger partial charge in [0.1, 0.15) is 11.7 Å². The Morgan fingerprint density at radius 3 is 2.29 bits per heavy atom. The minimum atomic E-state index is -3.54. The molecule has 308 valence electrons. The highest BCUT2D eigenvalue weighted by atomic mass is 32.2. The number of likely N-dealkylation sites (tertiary alicyclic amines) is 1.